The third kappa shape index (κ3) is 12.7. The van der Waals surface area contributed by atoms with E-state index in [1.165, 1.54) is 0 Å². The molecule has 0 aromatic rings. The summed E-state index contributed by atoms with van der Waals surface area (Å²) < 4.78 is 41.4. The van der Waals surface area contributed by atoms with Gasteiger partial charge in [-0.05, 0) is 26.7 Å². The molecule has 2 atom stereocenters. The summed E-state index contributed by atoms with van der Waals surface area (Å²) in [5.74, 6) is 0. The molecule has 17 heavy (non-hydrogen) atoms. The molecule has 0 saturated heterocycles. The maximum atomic E-state index is 10.3. The molecule has 0 spiro atoms. The summed E-state index contributed by atoms with van der Waals surface area (Å²) in [6.07, 6.45) is 1.16. The number of primary sulfonamides is 2. The van der Waals surface area contributed by atoms with Gasteiger partial charge in [0.15, 0.2) is 0 Å². The zero-order valence-electron chi connectivity index (χ0n) is 12.2. The Morgan fingerprint density at radius 1 is 0.882 bits per heavy atom. The van der Waals surface area contributed by atoms with E-state index in [1.807, 2.05) is 0 Å². The fourth-order valence-electron chi connectivity index (χ4n) is 0.465. The quantitative estimate of drug-likeness (QED) is 0.543. The monoisotopic (exact) mass is 282 g/mol. The Balaban J connectivity index is -0.0000000980. The van der Waals surface area contributed by atoms with Gasteiger partial charge in [-0.2, -0.15) is 0 Å². The van der Waals surface area contributed by atoms with Crippen LogP contribution in [0.1, 0.15) is 42.0 Å². The molecule has 0 amide bonds. The summed E-state index contributed by atoms with van der Waals surface area (Å²) >= 11 is 0. The molecule has 0 bridgehead atoms. The second-order valence-electron chi connectivity index (χ2n) is 3.62. The molecule has 2 unspecified atom stereocenters. The fraction of sp³-hybridized carbons (Fsp3) is 1.00. The predicted molar refractivity (Wildman–Crippen MR) is 66.8 cm³/mol. The molecule has 102 valence electrons. The Morgan fingerprint density at radius 2 is 1.06 bits per heavy atom. The minimum Gasteiger partial charge on any atom is -1.00 e. The van der Waals surface area contributed by atoms with Crippen molar-refractivity contribution in [3.63, 3.8) is 0 Å². The molecule has 4 N–H and O–H groups in total. The van der Waals surface area contributed by atoms with Crippen LogP contribution in [0.5, 0.6) is 0 Å². The van der Waals surface area contributed by atoms with Gasteiger partial charge in [0.1, 0.15) is 0 Å². The van der Waals surface area contributed by atoms with Crippen molar-refractivity contribution in [1.29, 1.82) is 0 Å². The van der Waals surface area contributed by atoms with Crippen LogP contribution in [-0.4, -0.2) is 27.3 Å². The van der Waals surface area contributed by atoms with Crippen LogP contribution in [0.15, 0.2) is 0 Å². The van der Waals surface area contributed by atoms with Crippen molar-refractivity contribution in [2.75, 3.05) is 0 Å². The molecule has 0 fully saturated rings. The summed E-state index contributed by atoms with van der Waals surface area (Å²) in [5, 5.41) is 8.72. The van der Waals surface area contributed by atoms with Crippen LogP contribution in [0.25, 0.3) is 0 Å². The number of rotatable bonds is 4. The standard InChI is InChI=1S/2C4H11NO2S.Li.H/c2*1-3-4(2)8(5,6)7;;/h2*4H,3H2,1-2H3,(H2,5,6,7);;/q;;+1;-1. The zero-order chi connectivity index (χ0) is 13.6. The average molecular weight is 282 g/mol. The number of nitrogens with two attached hydrogens (primary N) is 2. The van der Waals surface area contributed by atoms with Gasteiger partial charge >= 0.3 is 18.9 Å². The number of hydrogen-bond acceptors (Lipinski definition) is 4. The molecule has 0 aromatic carbocycles. The maximum Gasteiger partial charge on any atom is 1.00 e. The van der Waals surface area contributed by atoms with Gasteiger partial charge in [-0.25, -0.2) is 27.1 Å². The molecule has 0 aliphatic carbocycles. The van der Waals surface area contributed by atoms with Gasteiger partial charge in [-0.3, -0.25) is 0 Å². The van der Waals surface area contributed by atoms with E-state index in [9.17, 15) is 16.8 Å². The summed E-state index contributed by atoms with van der Waals surface area (Å²) in [7, 11) is -6.51. The number of hydrogen-bond donors (Lipinski definition) is 2. The first-order valence-corrected chi connectivity index (χ1v) is 8.21. The smallest absolute Gasteiger partial charge is 1.00 e. The molecule has 0 radical (unpaired) electrons. The van der Waals surface area contributed by atoms with Gasteiger partial charge in [0.25, 0.3) is 0 Å². The van der Waals surface area contributed by atoms with Crippen LogP contribution >= 0.6 is 0 Å². The van der Waals surface area contributed by atoms with Gasteiger partial charge in [-0.15, -0.1) is 0 Å². The van der Waals surface area contributed by atoms with Crippen LogP contribution < -0.4 is 29.1 Å². The summed E-state index contributed by atoms with van der Waals surface area (Å²) in [6.45, 7) is 6.76. The van der Waals surface area contributed by atoms with Crippen LogP contribution in [0.2, 0.25) is 0 Å². The Labute approximate surface area is 118 Å². The second kappa shape index (κ2) is 9.36. The molecular weight excluding hydrogens is 259 g/mol. The van der Waals surface area contributed by atoms with Crippen LogP contribution in [-0.2, 0) is 20.0 Å². The predicted octanol–water partition coefficient (Wildman–Crippen LogP) is -2.74. The zero-order valence-corrected chi connectivity index (χ0v) is 12.8. The SMILES string of the molecule is CCC(C)S(N)(=O)=O.CCC(C)S(N)(=O)=O.[H-].[Li+]. The molecule has 0 saturated carbocycles. The van der Waals surface area contributed by atoms with Crippen LogP contribution in [0, 0.1) is 0 Å². The van der Waals surface area contributed by atoms with Crippen LogP contribution in [0.3, 0.4) is 0 Å². The Kier molecular flexibility index (Phi) is 12.4. The van der Waals surface area contributed by atoms with E-state index >= 15 is 0 Å². The van der Waals surface area contributed by atoms with E-state index in [4.69, 9.17) is 10.3 Å². The fourth-order valence-corrected chi connectivity index (χ4v) is 1.39. The third-order valence-electron chi connectivity index (χ3n) is 2.27. The van der Waals surface area contributed by atoms with Crippen molar-refractivity contribution in [2.45, 2.75) is 51.0 Å². The minimum atomic E-state index is -3.25. The Morgan fingerprint density at radius 3 is 1.06 bits per heavy atom. The molecule has 0 heterocycles. The number of sulfonamides is 2. The minimum absolute atomic E-state index is 0. The van der Waals surface area contributed by atoms with Gasteiger partial charge in [-0.1, -0.05) is 13.8 Å². The molecule has 0 aliphatic heterocycles. The summed E-state index contributed by atoms with van der Waals surface area (Å²) in [5.41, 5.74) is 0. The topological polar surface area (TPSA) is 120 Å². The first kappa shape index (κ1) is 22.6. The van der Waals surface area contributed by atoms with E-state index in [2.05, 4.69) is 0 Å². The van der Waals surface area contributed by atoms with Crippen molar-refractivity contribution in [3.8, 4) is 0 Å². The Bertz CT molecular complexity index is 348. The summed E-state index contributed by atoms with van der Waals surface area (Å²) in [4.78, 5) is 0. The van der Waals surface area contributed by atoms with Crippen molar-refractivity contribution in [3.05, 3.63) is 0 Å². The summed E-state index contributed by atoms with van der Waals surface area (Å²) in [6, 6.07) is 0. The van der Waals surface area contributed by atoms with E-state index in [-0.39, 0.29) is 20.3 Å². The normalized spacial score (nSPS) is 14.9. The van der Waals surface area contributed by atoms with Crippen LogP contribution in [0.4, 0.5) is 0 Å². The van der Waals surface area contributed by atoms with Crippen molar-refractivity contribution in [2.24, 2.45) is 10.3 Å². The first-order chi connectivity index (χ1) is 6.96. The van der Waals surface area contributed by atoms with E-state index in [0.29, 0.717) is 12.8 Å². The molecule has 6 nitrogen and oxygen atoms in total. The van der Waals surface area contributed by atoms with Gasteiger partial charge in [0.05, 0.1) is 10.5 Å². The van der Waals surface area contributed by atoms with E-state index in [0.717, 1.165) is 0 Å². The van der Waals surface area contributed by atoms with Crippen molar-refractivity contribution < 1.29 is 37.1 Å². The average Bonchev–Trinajstić information content (AvgIpc) is 2.13. The third-order valence-corrected chi connectivity index (χ3v) is 5.18. The maximum absolute atomic E-state index is 10.3. The second-order valence-corrected chi connectivity index (χ2v) is 7.58. The molecule has 0 aliphatic rings. The molecule has 0 aromatic heterocycles. The largest absolute Gasteiger partial charge is 1.00 e. The van der Waals surface area contributed by atoms with Gasteiger partial charge < -0.3 is 1.43 Å². The first-order valence-electron chi connectivity index (χ1n) is 4.99. The van der Waals surface area contributed by atoms with Gasteiger partial charge in [0.2, 0.25) is 20.0 Å². The molecule has 9 heteroatoms. The van der Waals surface area contributed by atoms with Crippen molar-refractivity contribution >= 4 is 20.0 Å². The Hall–Kier alpha value is 0.417. The van der Waals surface area contributed by atoms with E-state index in [1.54, 1.807) is 27.7 Å². The van der Waals surface area contributed by atoms with E-state index < -0.39 is 30.5 Å². The van der Waals surface area contributed by atoms with Gasteiger partial charge in [0, 0.05) is 0 Å². The van der Waals surface area contributed by atoms with Crippen molar-refractivity contribution in [1.82, 2.24) is 0 Å². The molecule has 0 rings (SSSR count). The molecular formula is C8H23LiN2O4S2.